The second-order valence-electron chi connectivity index (χ2n) is 7.31. The van der Waals surface area contributed by atoms with E-state index < -0.39 is 11.9 Å². The largest absolute Gasteiger partial charge is 0.388 e. The molecule has 0 bridgehead atoms. The molecule has 2 heterocycles. The summed E-state index contributed by atoms with van der Waals surface area (Å²) in [4.78, 5) is 14.8. The number of aryl methyl sites for hydroxylation is 1. The number of rotatable bonds is 4. The van der Waals surface area contributed by atoms with Crippen LogP contribution in [0.5, 0.6) is 0 Å². The monoisotopic (exact) mass is 395 g/mol. The summed E-state index contributed by atoms with van der Waals surface area (Å²) in [6.45, 7) is 2.77. The van der Waals surface area contributed by atoms with Crippen LogP contribution in [0.1, 0.15) is 40.7 Å². The first-order valence-corrected chi connectivity index (χ1v) is 9.62. The first kappa shape index (κ1) is 19.2. The number of nitrogens with zero attached hydrogens (tertiary/aromatic N) is 5. The highest BCUT2D eigenvalue weighted by atomic mass is 19.1. The van der Waals surface area contributed by atoms with E-state index in [0.717, 1.165) is 12.8 Å². The Morgan fingerprint density at radius 1 is 1.24 bits per heavy atom. The van der Waals surface area contributed by atoms with Crippen molar-refractivity contribution in [3.8, 4) is 5.69 Å². The summed E-state index contributed by atoms with van der Waals surface area (Å²) in [7, 11) is 0. The van der Waals surface area contributed by atoms with Crippen molar-refractivity contribution in [3.63, 3.8) is 0 Å². The highest BCUT2D eigenvalue weighted by Gasteiger charge is 2.31. The number of hydrogen-bond donors (Lipinski definition) is 1. The molecule has 1 aromatic heterocycles. The first-order chi connectivity index (χ1) is 14.0. The fourth-order valence-electron chi connectivity index (χ4n) is 3.84. The Balaban J connectivity index is 1.52. The van der Waals surface area contributed by atoms with Crippen LogP contribution in [0.25, 0.3) is 5.69 Å². The third-order valence-corrected chi connectivity index (χ3v) is 5.38. The minimum Gasteiger partial charge on any atom is -0.388 e. The smallest absolute Gasteiger partial charge is 0.253 e. The number of piperidine rings is 1. The number of aliphatic hydroxyl groups excluding tert-OH is 1. The quantitative estimate of drug-likeness (QED) is 0.734. The Hall–Kier alpha value is -3.13. The van der Waals surface area contributed by atoms with E-state index in [1.807, 2.05) is 6.07 Å². The fraction of sp³-hybridized carbons (Fsp3) is 0.333. The maximum absolute atomic E-state index is 14.1. The van der Waals surface area contributed by atoms with Gasteiger partial charge in [-0.15, -0.1) is 5.10 Å². The van der Waals surface area contributed by atoms with Gasteiger partial charge < -0.3 is 10.0 Å². The number of tetrazole rings is 1. The summed E-state index contributed by atoms with van der Waals surface area (Å²) >= 11 is 0. The van der Waals surface area contributed by atoms with E-state index in [1.165, 1.54) is 6.07 Å². The van der Waals surface area contributed by atoms with Crippen molar-refractivity contribution in [2.45, 2.75) is 25.9 Å². The van der Waals surface area contributed by atoms with Crippen LogP contribution in [-0.4, -0.2) is 49.2 Å². The SMILES string of the molecule is Cc1nnnn1-c1cccc(C(=O)N2CCC[C@H]([C@H](O)c3ccccc3F)C2)c1. The summed E-state index contributed by atoms with van der Waals surface area (Å²) in [5.74, 6) is -0.133. The summed E-state index contributed by atoms with van der Waals surface area (Å²) in [5.41, 5.74) is 1.51. The van der Waals surface area contributed by atoms with Crippen LogP contribution < -0.4 is 0 Å². The van der Waals surface area contributed by atoms with Gasteiger partial charge in [0, 0.05) is 30.1 Å². The molecule has 1 aliphatic heterocycles. The topological polar surface area (TPSA) is 84.1 Å². The van der Waals surface area contributed by atoms with E-state index in [9.17, 15) is 14.3 Å². The predicted octanol–water partition coefficient (Wildman–Crippen LogP) is 2.70. The lowest BCUT2D eigenvalue weighted by molar-refractivity contribution is 0.0389. The zero-order valence-electron chi connectivity index (χ0n) is 16.1. The van der Waals surface area contributed by atoms with Crippen LogP contribution in [0.4, 0.5) is 4.39 Å². The van der Waals surface area contributed by atoms with E-state index in [2.05, 4.69) is 15.5 Å². The predicted molar refractivity (Wildman–Crippen MR) is 104 cm³/mol. The van der Waals surface area contributed by atoms with Crippen molar-refractivity contribution in [2.24, 2.45) is 5.92 Å². The molecule has 0 saturated carbocycles. The zero-order valence-corrected chi connectivity index (χ0v) is 16.1. The highest BCUT2D eigenvalue weighted by Crippen LogP contribution is 2.31. The lowest BCUT2D eigenvalue weighted by Crippen LogP contribution is -2.41. The fourth-order valence-corrected chi connectivity index (χ4v) is 3.84. The molecule has 1 aliphatic rings. The standard InChI is InChI=1S/C21H22FN5O2/c1-14-23-24-25-27(14)17-8-4-6-15(12-17)21(29)26-11-5-7-16(13-26)20(28)18-9-2-3-10-19(18)22/h2-4,6,8-10,12,16,20,28H,5,7,11,13H2,1H3/t16-,20-/m0/s1. The lowest BCUT2D eigenvalue weighted by Gasteiger charge is -2.35. The van der Waals surface area contributed by atoms with E-state index in [4.69, 9.17) is 0 Å². The van der Waals surface area contributed by atoms with E-state index in [-0.39, 0.29) is 17.4 Å². The van der Waals surface area contributed by atoms with Crippen molar-refractivity contribution in [3.05, 3.63) is 71.3 Å². The van der Waals surface area contributed by atoms with E-state index in [1.54, 1.807) is 52.9 Å². The number of benzene rings is 2. The van der Waals surface area contributed by atoms with Gasteiger partial charge in [0.2, 0.25) is 0 Å². The van der Waals surface area contributed by atoms with Gasteiger partial charge in [-0.3, -0.25) is 4.79 Å². The Morgan fingerprint density at radius 3 is 2.83 bits per heavy atom. The van der Waals surface area contributed by atoms with E-state index >= 15 is 0 Å². The molecule has 150 valence electrons. The van der Waals surface area contributed by atoms with E-state index in [0.29, 0.717) is 30.2 Å². The van der Waals surface area contributed by atoms with Crippen molar-refractivity contribution in [1.29, 1.82) is 0 Å². The summed E-state index contributed by atoms with van der Waals surface area (Å²) in [5, 5.41) is 22.1. The van der Waals surface area contributed by atoms with Crippen LogP contribution in [0.15, 0.2) is 48.5 Å². The number of likely N-dealkylation sites (tertiary alicyclic amines) is 1. The molecular formula is C21H22FN5O2. The molecule has 4 rings (SSSR count). The van der Waals surface area contributed by atoms with Crippen molar-refractivity contribution < 1.29 is 14.3 Å². The Labute approximate surface area is 167 Å². The van der Waals surface area contributed by atoms with Gasteiger partial charge in [0.25, 0.3) is 5.91 Å². The molecule has 0 spiro atoms. The van der Waals surface area contributed by atoms with Gasteiger partial charge >= 0.3 is 0 Å². The average molecular weight is 395 g/mol. The minimum absolute atomic E-state index is 0.122. The number of carbonyl (C=O) groups excluding carboxylic acids is 1. The summed E-state index contributed by atoms with van der Waals surface area (Å²) in [6, 6.07) is 13.4. The second kappa shape index (κ2) is 8.08. The number of hydrogen-bond acceptors (Lipinski definition) is 5. The number of aromatic nitrogens is 4. The molecule has 0 aliphatic carbocycles. The van der Waals surface area contributed by atoms with Gasteiger partial charge in [0.1, 0.15) is 5.82 Å². The molecule has 1 amide bonds. The highest BCUT2D eigenvalue weighted by molar-refractivity contribution is 5.94. The first-order valence-electron chi connectivity index (χ1n) is 9.62. The zero-order chi connectivity index (χ0) is 20.4. The van der Waals surface area contributed by atoms with Crippen molar-refractivity contribution in [1.82, 2.24) is 25.1 Å². The van der Waals surface area contributed by atoms with Gasteiger partial charge in [-0.1, -0.05) is 24.3 Å². The van der Waals surface area contributed by atoms with Crippen LogP contribution >= 0.6 is 0 Å². The maximum atomic E-state index is 14.1. The number of aliphatic hydroxyl groups is 1. The third kappa shape index (κ3) is 3.88. The molecule has 0 radical (unpaired) electrons. The van der Waals surface area contributed by atoms with Crippen molar-refractivity contribution >= 4 is 5.91 Å². The van der Waals surface area contributed by atoms with Crippen LogP contribution in [-0.2, 0) is 0 Å². The Kier molecular flexibility index (Phi) is 5.35. The van der Waals surface area contributed by atoms with Gasteiger partial charge in [-0.05, 0) is 54.5 Å². The third-order valence-electron chi connectivity index (χ3n) is 5.38. The number of amides is 1. The lowest BCUT2D eigenvalue weighted by atomic mass is 9.88. The van der Waals surface area contributed by atoms with Gasteiger partial charge in [0.05, 0.1) is 11.8 Å². The Bertz CT molecular complexity index is 1020. The van der Waals surface area contributed by atoms with Gasteiger partial charge in [-0.2, -0.15) is 4.68 Å². The second-order valence-corrected chi connectivity index (χ2v) is 7.31. The van der Waals surface area contributed by atoms with Gasteiger partial charge in [0.15, 0.2) is 5.82 Å². The van der Waals surface area contributed by atoms with Crippen molar-refractivity contribution in [2.75, 3.05) is 13.1 Å². The molecule has 1 fully saturated rings. The number of halogens is 1. The molecule has 1 N–H and O–H groups in total. The Morgan fingerprint density at radius 2 is 2.07 bits per heavy atom. The van der Waals surface area contributed by atoms with Crippen LogP contribution in [0, 0.1) is 18.7 Å². The average Bonchev–Trinajstić information content (AvgIpc) is 3.19. The molecule has 0 unspecified atom stereocenters. The molecule has 7 nitrogen and oxygen atoms in total. The van der Waals surface area contributed by atoms with Gasteiger partial charge in [-0.25, -0.2) is 4.39 Å². The molecule has 1 saturated heterocycles. The molecule has 3 aromatic rings. The minimum atomic E-state index is -0.943. The summed E-state index contributed by atoms with van der Waals surface area (Å²) < 4.78 is 15.6. The molecular weight excluding hydrogens is 373 g/mol. The molecule has 2 atom stereocenters. The maximum Gasteiger partial charge on any atom is 0.253 e. The van der Waals surface area contributed by atoms with Crippen LogP contribution in [0.2, 0.25) is 0 Å². The summed E-state index contributed by atoms with van der Waals surface area (Å²) in [6.07, 6.45) is 0.554. The number of carbonyl (C=O) groups is 1. The molecule has 29 heavy (non-hydrogen) atoms. The molecule has 8 heteroatoms. The van der Waals surface area contributed by atoms with Crippen LogP contribution in [0.3, 0.4) is 0 Å². The normalized spacial score (nSPS) is 17.9. The molecule has 2 aromatic carbocycles.